The quantitative estimate of drug-likeness (QED) is 0.902. The van der Waals surface area contributed by atoms with E-state index in [1.54, 1.807) is 11.3 Å². The minimum atomic E-state index is 0.522. The summed E-state index contributed by atoms with van der Waals surface area (Å²) in [6, 6.07) is 0.522. The summed E-state index contributed by atoms with van der Waals surface area (Å²) >= 11 is 1.70. The molecular formula is C13H19N3S. The van der Waals surface area contributed by atoms with E-state index in [1.165, 1.54) is 11.4 Å². The maximum absolute atomic E-state index is 4.56. The van der Waals surface area contributed by atoms with Crippen molar-refractivity contribution in [1.29, 1.82) is 0 Å². The normalized spacial score (nSPS) is 12.3. The van der Waals surface area contributed by atoms with Crippen molar-refractivity contribution in [2.24, 2.45) is 0 Å². The van der Waals surface area contributed by atoms with Crippen LogP contribution in [-0.4, -0.2) is 22.0 Å². The first-order chi connectivity index (χ1) is 8.09. The third-order valence-corrected chi connectivity index (χ3v) is 3.62. The van der Waals surface area contributed by atoms with Crippen molar-refractivity contribution >= 4 is 22.4 Å². The first-order valence-corrected chi connectivity index (χ1v) is 6.80. The van der Waals surface area contributed by atoms with E-state index in [0.717, 1.165) is 17.2 Å². The maximum atomic E-state index is 4.56. The number of rotatable bonds is 4. The van der Waals surface area contributed by atoms with E-state index in [9.17, 15) is 0 Å². The highest BCUT2D eigenvalue weighted by Gasteiger charge is 2.08. The van der Waals surface area contributed by atoms with Crippen molar-refractivity contribution in [1.82, 2.24) is 14.7 Å². The van der Waals surface area contributed by atoms with Crippen LogP contribution in [0.1, 0.15) is 30.9 Å². The van der Waals surface area contributed by atoms with E-state index < -0.39 is 0 Å². The Hall–Kier alpha value is -1.13. The predicted molar refractivity (Wildman–Crippen MR) is 74.7 cm³/mol. The largest absolute Gasteiger partial charge is 0.311 e. The molecule has 0 atom stereocenters. The minimum Gasteiger partial charge on any atom is -0.311 e. The zero-order chi connectivity index (χ0) is 12.4. The summed E-state index contributed by atoms with van der Waals surface area (Å²) < 4.78 is 2.21. The van der Waals surface area contributed by atoms with Crippen LogP contribution in [0.4, 0.5) is 0 Å². The van der Waals surface area contributed by atoms with Gasteiger partial charge in [-0.2, -0.15) is 0 Å². The molecule has 0 aliphatic carbocycles. The second-order valence-corrected chi connectivity index (χ2v) is 5.38. The molecule has 2 aromatic rings. The molecule has 2 rings (SSSR count). The summed E-state index contributed by atoms with van der Waals surface area (Å²) in [6.07, 6.45) is 4.32. The Balaban J connectivity index is 2.22. The lowest BCUT2D eigenvalue weighted by Gasteiger charge is -2.03. The van der Waals surface area contributed by atoms with Gasteiger partial charge in [0.25, 0.3) is 0 Å². The minimum absolute atomic E-state index is 0.522. The second-order valence-electron chi connectivity index (χ2n) is 4.54. The maximum Gasteiger partial charge on any atom is 0.194 e. The van der Waals surface area contributed by atoms with Gasteiger partial charge < -0.3 is 5.32 Å². The fourth-order valence-electron chi connectivity index (χ4n) is 1.80. The van der Waals surface area contributed by atoms with Crippen molar-refractivity contribution in [3.05, 3.63) is 28.5 Å². The molecule has 92 valence electrons. The molecule has 0 aromatic carbocycles. The highest BCUT2D eigenvalue weighted by Crippen LogP contribution is 2.21. The number of fused-ring (bicyclic) bond motifs is 1. The smallest absolute Gasteiger partial charge is 0.194 e. The third kappa shape index (κ3) is 2.58. The Kier molecular flexibility index (Phi) is 3.64. The van der Waals surface area contributed by atoms with Crippen LogP contribution in [0, 0.1) is 13.8 Å². The van der Waals surface area contributed by atoms with Crippen molar-refractivity contribution < 1.29 is 0 Å². The monoisotopic (exact) mass is 249 g/mol. The fourth-order valence-corrected chi connectivity index (χ4v) is 2.71. The number of aromatic nitrogens is 2. The molecule has 3 nitrogen and oxygen atoms in total. The Morgan fingerprint density at radius 1 is 1.47 bits per heavy atom. The number of nitrogens with one attached hydrogen (secondary N) is 1. The van der Waals surface area contributed by atoms with E-state index in [-0.39, 0.29) is 0 Å². The second kappa shape index (κ2) is 5.02. The molecule has 0 fully saturated rings. The highest BCUT2D eigenvalue weighted by molar-refractivity contribution is 7.15. The number of hydrogen-bond acceptors (Lipinski definition) is 3. The molecule has 1 N–H and O–H groups in total. The van der Waals surface area contributed by atoms with Gasteiger partial charge in [0.05, 0.1) is 11.4 Å². The van der Waals surface area contributed by atoms with Gasteiger partial charge >= 0.3 is 0 Å². The Morgan fingerprint density at radius 3 is 2.94 bits per heavy atom. The van der Waals surface area contributed by atoms with Crippen LogP contribution in [0.5, 0.6) is 0 Å². The summed E-state index contributed by atoms with van der Waals surface area (Å²) in [5.41, 5.74) is 3.55. The van der Waals surface area contributed by atoms with Crippen LogP contribution >= 0.6 is 11.3 Å². The van der Waals surface area contributed by atoms with E-state index in [2.05, 4.69) is 59.9 Å². The highest BCUT2D eigenvalue weighted by atomic mass is 32.1. The van der Waals surface area contributed by atoms with Crippen molar-refractivity contribution in [3.63, 3.8) is 0 Å². The molecule has 0 aliphatic heterocycles. The molecular weight excluding hydrogens is 230 g/mol. The average Bonchev–Trinajstić information content (AvgIpc) is 2.75. The van der Waals surface area contributed by atoms with E-state index in [1.807, 2.05) is 0 Å². The zero-order valence-electron chi connectivity index (χ0n) is 10.8. The van der Waals surface area contributed by atoms with Crippen molar-refractivity contribution in [2.45, 2.75) is 33.7 Å². The molecule has 0 saturated carbocycles. The van der Waals surface area contributed by atoms with E-state index in [0.29, 0.717) is 6.04 Å². The predicted octanol–water partition coefficient (Wildman–Crippen LogP) is 3.02. The van der Waals surface area contributed by atoms with Gasteiger partial charge in [0.1, 0.15) is 0 Å². The van der Waals surface area contributed by atoms with E-state index >= 15 is 0 Å². The number of thiazole rings is 1. The Morgan fingerprint density at radius 2 is 2.24 bits per heavy atom. The molecule has 0 radical (unpaired) electrons. The van der Waals surface area contributed by atoms with Crippen molar-refractivity contribution in [3.8, 4) is 0 Å². The topological polar surface area (TPSA) is 29.3 Å². The zero-order valence-corrected chi connectivity index (χ0v) is 11.6. The van der Waals surface area contributed by atoms with Gasteiger partial charge in [-0.05, 0) is 19.9 Å². The van der Waals surface area contributed by atoms with Crippen LogP contribution < -0.4 is 5.32 Å². The van der Waals surface area contributed by atoms with E-state index in [4.69, 9.17) is 0 Å². The molecule has 0 bridgehead atoms. The number of imidazole rings is 1. The Labute approximate surface area is 106 Å². The number of hydrogen-bond donors (Lipinski definition) is 1. The first kappa shape index (κ1) is 12.3. The van der Waals surface area contributed by atoms with Gasteiger partial charge in [-0.25, -0.2) is 4.98 Å². The summed E-state index contributed by atoms with van der Waals surface area (Å²) in [5, 5.41) is 5.51. The van der Waals surface area contributed by atoms with Crippen LogP contribution in [0.25, 0.3) is 11.0 Å². The summed E-state index contributed by atoms with van der Waals surface area (Å²) in [6.45, 7) is 9.38. The molecule has 0 aliphatic rings. The fraction of sp³-hybridized carbons (Fsp3) is 0.462. The molecule has 4 heteroatoms. The first-order valence-electron chi connectivity index (χ1n) is 5.92. The summed E-state index contributed by atoms with van der Waals surface area (Å²) in [7, 11) is 0. The molecule has 2 heterocycles. The lowest BCUT2D eigenvalue weighted by molar-refractivity contribution is 0.633. The van der Waals surface area contributed by atoms with Crippen LogP contribution in [0.3, 0.4) is 0 Å². The summed E-state index contributed by atoms with van der Waals surface area (Å²) in [4.78, 5) is 5.64. The van der Waals surface area contributed by atoms with Gasteiger partial charge in [0.15, 0.2) is 4.96 Å². The molecule has 17 heavy (non-hydrogen) atoms. The van der Waals surface area contributed by atoms with Gasteiger partial charge in [0, 0.05) is 23.7 Å². The lowest BCUT2D eigenvalue weighted by atomic mass is 10.3. The Bertz CT molecular complexity index is 534. The van der Waals surface area contributed by atoms with Crippen LogP contribution in [0.2, 0.25) is 0 Å². The molecule has 0 amide bonds. The number of nitrogens with zero attached hydrogens (tertiary/aromatic N) is 2. The van der Waals surface area contributed by atoms with Crippen LogP contribution in [0.15, 0.2) is 11.5 Å². The third-order valence-electron chi connectivity index (χ3n) is 2.67. The standard InChI is InChI=1S/C13H19N3S/c1-9(2)14-7-5-6-12-11(4)15-13-16(12)10(3)8-17-13/h5-6,8-9,14H,7H2,1-4H3. The average molecular weight is 249 g/mol. The molecule has 0 saturated heterocycles. The van der Waals surface area contributed by atoms with Gasteiger partial charge in [-0.15, -0.1) is 11.3 Å². The van der Waals surface area contributed by atoms with Gasteiger partial charge in [0.2, 0.25) is 0 Å². The lowest BCUT2D eigenvalue weighted by Crippen LogP contribution is -2.22. The molecule has 0 spiro atoms. The molecule has 0 unspecified atom stereocenters. The van der Waals surface area contributed by atoms with Crippen molar-refractivity contribution in [2.75, 3.05) is 6.54 Å². The number of aryl methyl sites for hydroxylation is 2. The SMILES string of the molecule is Cc1nc2scc(C)n2c1C=CCNC(C)C. The van der Waals surface area contributed by atoms with Gasteiger partial charge in [-0.1, -0.05) is 19.9 Å². The molecule has 2 aromatic heterocycles. The van der Waals surface area contributed by atoms with Crippen LogP contribution in [-0.2, 0) is 0 Å². The summed E-state index contributed by atoms with van der Waals surface area (Å²) in [5.74, 6) is 0. The van der Waals surface area contributed by atoms with Gasteiger partial charge in [-0.3, -0.25) is 4.40 Å².